The molecule has 0 N–H and O–H groups in total. The number of nitrogens with zero attached hydrogens (tertiary/aromatic N) is 5. The van der Waals surface area contributed by atoms with Crippen molar-refractivity contribution in [2.75, 3.05) is 32.6 Å². The number of hydrogen-bond donors (Lipinski definition) is 0. The van der Waals surface area contributed by atoms with Gasteiger partial charge in [-0.1, -0.05) is 0 Å². The lowest BCUT2D eigenvalue weighted by molar-refractivity contribution is 0.237. The van der Waals surface area contributed by atoms with E-state index >= 15 is 0 Å². The zero-order valence-corrected chi connectivity index (χ0v) is 14.3. The minimum Gasteiger partial charge on any atom is -0.481 e. The van der Waals surface area contributed by atoms with Gasteiger partial charge in [-0.2, -0.15) is 0 Å². The molecule has 1 aliphatic heterocycles. The summed E-state index contributed by atoms with van der Waals surface area (Å²) in [6.45, 7) is 4.82. The number of ether oxygens (including phenoxy) is 1. The first-order valence-electron chi connectivity index (χ1n) is 7.31. The highest BCUT2D eigenvalue weighted by Crippen LogP contribution is 2.29. The molecule has 0 spiro atoms. The van der Waals surface area contributed by atoms with Gasteiger partial charge in [0.2, 0.25) is 5.88 Å². The summed E-state index contributed by atoms with van der Waals surface area (Å²) < 4.78 is 5.38. The van der Waals surface area contributed by atoms with Crippen LogP contribution in [-0.4, -0.2) is 47.6 Å². The third-order valence-electron chi connectivity index (χ3n) is 3.87. The monoisotopic (exact) mass is 319 g/mol. The molecule has 0 saturated carbocycles. The molecular formula is C15H21N5OS. The van der Waals surface area contributed by atoms with Crippen LogP contribution in [-0.2, 0) is 19.5 Å². The molecular weight excluding hydrogens is 298 g/mol. The van der Waals surface area contributed by atoms with Crippen LogP contribution in [0, 0.1) is 6.92 Å². The second-order valence-corrected chi connectivity index (χ2v) is 6.73. The van der Waals surface area contributed by atoms with Crippen LogP contribution in [0.4, 0.5) is 5.13 Å². The maximum atomic E-state index is 5.38. The molecule has 0 aliphatic carbocycles. The first kappa shape index (κ1) is 15.2. The molecule has 7 heteroatoms. The van der Waals surface area contributed by atoms with Gasteiger partial charge in [-0.15, -0.1) is 11.3 Å². The number of methoxy groups -OCH3 is 1. The lowest BCUT2D eigenvalue weighted by Gasteiger charge is -2.28. The van der Waals surface area contributed by atoms with Crippen molar-refractivity contribution in [3.05, 3.63) is 28.2 Å². The van der Waals surface area contributed by atoms with Gasteiger partial charge in [0.1, 0.15) is 6.33 Å². The van der Waals surface area contributed by atoms with Crippen molar-refractivity contribution in [2.45, 2.75) is 26.4 Å². The van der Waals surface area contributed by atoms with Crippen LogP contribution in [0.3, 0.4) is 0 Å². The molecule has 118 valence electrons. The van der Waals surface area contributed by atoms with Crippen LogP contribution in [0.2, 0.25) is 0 Å². The van der Waals surface area contributed by atoms with E-state index in [1.807, 2.05) is 14.1 Å². The molecule has 1 aliphatic rings. The maximum Gasteiger partial charge on any atom is 0.220 e. The van der Waals surface area contributed by atoms with E-state index in [1.54, 1.807) is 24.8 Å². The van der Waals surface area contributed by atoms with Crippen LogP contribution in [0.1, 0.15) is 21.8 Å². The average Bonchev–Trinajstić information content (AvgIpc) is 2.88. The van der Waals surface area contributed by atoms with Crippen molar-refractivity contribution in [2.24, 2.45) is 0 Å². The third-order valence-corrected chi connectivity index (χ3v) is 5.18. The molecule has 0 aromatic carbocycles. The molecule has 2 aromatic heterocycles. The highest BCUT2D eigenvalue weighted by Gasteiger charge is 2.23. The molecule has 0 unspecified atom stereocenters. The zero-order chi connectivity index (χ0) is 15.7. The molecule has 22 heavy (non-hydrogen) atoms. The van der Waals surface area contributed by atoms with Gasteiger partial charge in [0.05, 0.1) is 18.5 Å². The summed E-state index contributed by atoms with van der Waals surface area (Å²) in [6, 6.07) is 0. The topological polar surface area (TPSA) is 54.4 Å². The fraction of sp³-hybridized carbons (Fsp3) is 0.533. The fourth-order valence-electron chi connectivity index (χ4n) is 2.64. The van der Waals surface area contributed by atoms with Crippen LogP contribution in [0.25, 0.3) is 0 Å². The molecule has 0 radical (unpaired) electrons. The number of anilines is 1. The first-order valence-corrected chi connectivity index (χ1v) is 8.13. The van der Waals surface area contributed by atoms with E-state index in [2.05, 4.69) is 31.7 Å². The SMILES string of the molecule is COc1ncnc2c1CN(Cc1sc(N(C)C)nc1C)CC2. The molecule has 6 nitrogen and oxygen atoms in total. The Kier molecular flexibility index (Phi) is 4.26. The summed E-state index contributed by atoms with van der Waals surface area (Å²) in [6.07, 6.45) is 2.52. The second-order valence-electron chi connectivity index (χ2n) is 5.67. The summed E-state index contributed by atoms with van der Waals surface area (Å²) in [5.74, 6) is 0.699. The van der Waals surface area contributed by atoms with Crippen LogP contribution < -0.4 is 9.64 Å². The van der Waals surface area contributed by atoms with Crippen LogP contribution in [0.5, 0.6) is 5.88 Å². The van der Waals surface area contributed by atoms with E-state index < -0.39 is 0 Å². The van der Waals surface area contributed by atoms with E-state index in [0.717, 1.165) is 48.1 Å². The number of fused-ring (bicyclic) bond motifs is 1. The van der Waals surface area contributed by atoms with Crippen molar-refractivity contribution in [3.8, 4) is 5.88 Å². The summed E-state index contributed by atoms with van der Waals surface area (Å²) in [5.41, 5.74) is 3.35. The van der Waals surface area contributed by atoms with Crippen LogP contribution >= 0.6 is 11.3 Å². The first-order chi connectivity index (χ1) is 10.6. The van der Waals surface area contributed by atoms with E-state index in [1.165, 1.54) is 4.88 Å². The van der Waals surface area contributed by atoms with Crippen LogP contribution in [0.15, 0.2) is 6.33 Å². The van der Waals surface area contributed by atoms with Gasteiger partial charge in [0.15, 0.2) is 5.13 Å². The van der Waals surface area contributed by atoms with Crippen molar-refractivity contribution < 1.29 is 4.74 Å². The fourth-order valence-corrected chi connectivity index (χ4v) is 3.66. The molecule has 0 amide bonds. The Hall–Kier alpha value is -1.73. The minimum absolute atomic E-state index is 0.699. The van der Waals surface area contributed by atoms with Gasteiger partial charge >= 0.3 is 0 Å². The average molecular weight is 319 g/mol. The lowest BCUT2D eigenvalue weighted by Crippen LogP contribution is -2.31. The van der Waals surface area contributed by atoms with E-state index in [0.29, 0.717) is 5.88 Å². The third kappa shape index (κ3) is 2.91. The highest BCUT2D eigenvalue weighted by molar-refractivity contribution is 7.15. The van der Waals surface area contributed by atoms with Gasteiger partial charge in [-0.05, 0) is 6.92 Å². The van der Waals surface area contributed by atoms with Gasteiger partial charge in [0.25, 0.3) is 0 Å². The molecule has 3 heterocycles. The Morgan fingerprint density at radius 3 is 2.86 bits per heavy atom. The number of thiazole rings is 1. The lowest BCUT2D eigenvalue weighted by atomic mass is 10.1. The van der Waals surface area contributed by atoms with Gasteiger partial charge in [-0.3, -0.25) is 4.90 Å². The normalized spacial score (nSPS) is 14.7. The van der Waals surface area contributed by atoms with E-state index in [-0.39, 0.29) is 0 Å². The zero-order valence-electron chi connectivity index (χ0n) is 13.5. The second kappa shape index (κ2) is 6.18. The largest absolute Gasteiger partial charge is 0.481 e. The summed E-state index contributed by atoms with van der Waals surface area (Å²) >= 11 is 1.76. The number of hydrogen-bond acceptors (Lipinski definition) is 7. The van der Waals surface area contributed by atoms with Gasteiger partial charge < -0.3 is 9.64 Å². The van der Waals surface area contributed by atoms with E-state index in [9.17, 15) is 0 Å². The Morgan fingerprint density at radius 2 is 2.18 bits per heavy atom. The predicted octanol–water partition coefficient (Wildman–Crippen LogP) is 1.87. The van der Waals surface area contributed by atoms with Crippen molar-refractivity contribution in [1.82, 2.24) is 19.9 Å². The number of aryl methyl sites for hydroxylation is 1. The Bertz CT molecular complexity index is 656. The minimum atomic E-state index is 0.699. The quantitative estimate of drug-likeness (QED) is 0.857. The van der Waals surface area contributed by atoms with Gasteiger partial charge in [-0.25, -0.2) is 15.0 Å². The maximum absolute atomic E-state index is 5.38. The van der Waals surface area contributed by atoms with Gasteiger partial charge in [0, 0.05) is 50.6 Å². The number of aromatic nitrogens is 3. The molecule has 0 saturated heterocycles. The Morgan fingerprint density at radius 1 is 1.36 bits per heavy atom. The molecule has 2 aromatic rings. The Labute approximate surface area is 134 Å². The molecule has 3 rings (SSSR count). The van der Waals surface area contributed by atoms with Crippen molar-refractivity contribution >= 4 is 16.5 Å². The molecule has 0 atom stereocenters. The Balaban J connectivity index is 1.78. The predicted molar refractivity (Wildman–Crippen MR) is 87.6 cm³/mol. The summed E-state index contributed by atoms with van der Waals surface area (Å²) in [5, 5.41) is 1.06. The standard InChI is InChI=1S/C15H21N5OS/c1-10-13(22-15(18-10)19(2)3)8-20-6-5-12-11(7-20)14(21-4)17-9-16-12/h9H,5-8H2,1-4H3. The number of rotatable bonds is 4. The summed E-state index contributed by atoms with van der Waals surface area (Å²) in [4.78, 5) is 19.0. The molecule has 0 bridgehead atoms. The van der Waals surface area contributed by atoms with Crippen molar-refractivity contribution in [3.63, 3.8) is 0 Å². The highest BCUT2D eigenvalue weighted by atomic mass is 32.1. The smallest absolute Gasteiger partial charge is 0.220 e. The summed E-state index contributed by atoms with van der Waals surface area (Å²) in [7, 11) is 5.72. The van der Waals surface area contributed by atoms with Crippen molar-refractivity contribution in [1.29, 1.82) is 0 Å². The van der Waals surface area contributed by atoms with E-state index in [4.69, 9.17) is 4.74 Å². The molecule has 0 fully saturated rings.